The first-order valence-electron chi connectivity index (χ1n) is 9.51. The molecule has 2 aromatic carbocycles. The molecule has 3 aromatic rings. The van der Waals surface area contributed by atoms with E-state index >= 15 is 0 Å². The summed E-state index contributed by atoms with van der Waals surface area (Å²) >= 11 is 0. The Balaban J connectivity index is 1.39. The Morgan fingerprint density at radius 3 is 2.50 bits per heavy atom. The molecular weight excluding hydrogens is 374 g/mol. The lowest BCUT2D eigenvalue weighted by atomic mass is 10.0. The molecule has 0 bridgehead atoms. The minimum atomic E-state index is -3.27. The Labute approximate surface area is 164 Å². The molecule has 1 saturated heterocycles. The van der Waals surface area contributed by atoms with E-state index in [4.69, 9.17) is 4.42 Å². The molecule has 6 heteroatoms. The second-order valence-electron chi connectivity index (χ2n) is 7.28. The zero-order valence-electron chi connectivity index (χ0n) is 15.6. The fourth-order valence-corrected chi connectivity index (χ4v) is 5.62. The highest BCUT2D eigenvalue weighted by Crippen LogP contribution is 2.24. The summed E-state index contributed by atoms with van der Waals surface area (Å²) in [7, 11) is -3.27. The molecule has 2 heterocycles. The van der Waals surface area contributed by atoms with Crippen LogP contribution in [0.25, 0.3) is 10.8 Å². The lowest BCUT2D eigenvalue weighted by Crippen LogP contribution is -2.43. The number of amides is 1. The highest BCUT2D eigenvalue weighted by molar-refractivity contribution is 7.91. The molecule has 28 heavy (non-hydrogen) atoms. The lowest BCUT2D eigenvalue weighted by Gasteiger charge is -2.31. The molecule has 1 aliphatic heterocycles. The monoisotopic (exact) mass is 397 g/mol. The second-order valence-corrected chi connectivity index (χ2v) is 9.56. The maximum Gasteiger partial charge on any atom is 0.227 e. The molecular formula is C22H23NO4S. The number of hydrogen-bond donors (Lipinski definition) is 0. The van der Waals surface area contributed by atoms with Gasteiger partial charge in [0.05, 0.1) is 17.9 Å². The van der Waals surface area contributed by atoms with Crippen molar-refractivity contribution in [1.82, 2.24) is 4.90 Å². The van der Waals surface area contributed by atoms with Crippen molar-refractivity contribution < 1.29 is 17.6 Å². The molecule has 1 amide bonds. The summed E-state index contributed by atoms with van der Waals surface area (Å²) in [6.45, 7) is 0.956. The zero-order chi connectivity index (χ0) is 19.6. The van der Waals surface area contributed by atoms with Gasteiger partial charge in [0.2, 0.25) is 5.91 Å². The zero-order valence-corrected chi connectivity index (χ0v) is 16.4. The highest BCUT2D eigenvalue weighted by Gasteiger charge is 2.32. The number of benzene rings is 2. The van der Waals surface area contributed by atoms with Gasteiger partial charge in [0.25, 0.3) is 0 Å². The van der Waals surface area contributed by atoms with Gasteiger partial charge in [0.15, 0.2) is 9.84 Å². The molecule has 0 unspecified atom stereocenters. The van der Waals surface area contributed by atoms with Gasteiger partial charge in [-0.15, -0.1) is 0 Å². The van der Waals surface area contributed by atoms with Crippen molar-refractivity contribution in [3.05, 3.63) is 72.2 Å². The average molecular weight is 397 g/mol. The summed E-state index contributed by atoms with van der Waals surface area (Å²) in [6, 6.07) is 17.4. The Bertz CT molecular complexity index is 1060. The fraction of sp³-hybridized carbons (Fsp3) is 0.318. The van der Waals surface area contributed by atoms with E-state index in [1.54, 1.807) is 17.0 Å². The van der Waals surface area contributed by atoms with Crippen molar-refractivity contribution in [3.8, 4) is 0 Å². The van der Waals surface area contributed by atoms with Crippen LogP contribution in [0.2, 0.25) is 0 Å². The number of sulfone groups is 1. The molecule has 4 rings (SSSR count). The van der Waals surface area contributed by atoms with Crippen LogP contribution in [0.4, 0.5) is 0 Å². The third kappa shape index (κ3) is 3.97. The number of carbonyl (C=O) groups excluding carboxylic acids is 1. The normalized spacial score (nSPS) is 15.8. The summed E-state index contributed by atoms with van der Waals surface area (Å²) in [5.74, 6) is 0.446. The number of likely N-dealkylation sites (tertiary alicyclic amines) is 1. The van der Waals surface area contributed by atoms with Gasteiger partial charge >= 0.3 is 0 Å². The first-order chi connectivity index (χ1) is 13.5. The number of fused-ring (bicyclic) bond motifs is 1. The van der Waals surface area contributed by atoms with Gasteiger partial charge in [-0.25, -0.2) is 8.42 Å². The maximum atomic E-state index is 12.8. The van der Waals surface area contributed by atoms with E-state index in [-0.39, 0.29) is 11.7 Å². The third-order valence-electron chi connectivity index (χ3n) is 5.45. The summed E-state index contributed by atoms with van der Waals surface area (Å²) in [5, 5.41) is 1.80. The minimum absolute atomic E-state index is 0.0539. The van der Waals surface area contributed by atoms with Gasteiger partial charge < -0.3 is 9.32 Å². The van der Waals surface area contributed by atoms with E-state index in [9.17, 15) is 13.2 Å². The van der Waals surface area contributed by atoms with Crippen LogP contribution in [-0.2, 0) is 26.8 Å². The van der Waals surface area contributed by atoms with Gasteiger partial charge in [0, 0.05) is 13.1 Å². The molecule has 0 radical (unpaired) electrons. The van der Waals surface area contributed by atoms with Crippen molar-refractivity contribution in [1.29, 1.82) is 0 Å². The predicted octanol–water partition coefficient (Wildman–Crippen LogP) is 3.58. The average Bonchev–Trinajstić information content (AvgIpc) is 3.21. The summed E-state index contributed by atoms with van der Waals surface area (Å²) in [4.78, 5) is 14.6. The van der Waals surface area contributed by atoms with Gasteiger partial charge in [-0.1, -0.05) is 42.5 Å². The van der Waals surface area contributed by atoms with E-state index in [0.29, 0.717) is 38.1 Å². The number of piperidine rings is 1. The van der Waals surface area contributed by atoms with Crippen LogP contribution in [0.3, 0.4) is 0 Å². The third-order valence-corrected chi connectivity index (χ3v) is 7.62. The topological polar surface area (TPSA) is 67.6 Å². The number of carbonyl (C=O) groups is 1. The van der Waals surface area contributed by atoms with Crippen molar-refractivity contribution in [2.75, 3.05) is 13.1 Å². The molecule has 1 aromatic heterocycles. The summed E-state index contributed by atoms with van der Waals surface area (Å²) < 4.78 is 30.4. The van der Waals surface area contributed by atoms with Gasteiger partial charge in [-0.3, -0.25) is 4.79 Å². The van der Waals surface area contributed by atoms with Gasteiger partial charge in [-0.05, 0) is 41.3 Å². The van der Waals surface area contributed by atoms with E-state index < -0.39 is 15.1 Å². The molecule has 5 nitrogen and oxygen atoms in total. The number of furan rings is 1. The first-order valence-corrected chi connectivity index (χ1v) is 11.2. The predicted molar refractivity (Wildman–Crippen MR) is 109 cm³/mol. The van der Waals surface area contributed by atoms with Crippen LogP contribution in [-0.4, -0.2) is 37.6 Å². The van der Waals surface area contributed by atoms with E-state index in [1.807, 2.05) is 42.5 Å². The smallest absolute Gasteiger partial charge is 0.227 e. The van der Waals surface area contributed by atoms with Crippen molar-refractivity contribution in [2.24, 2.45) is 0 Å². The molecule has 0 spiro atoms. The largest absolute Gasteiger partial charge is 0.468 e. The lowest BCUT2D eigenvalue weighted by molar-refractivity contribution is -0.131. The SMILES string of the molecule is O=C(Cc1cccc2ccccc12)N1CCC(S(=O)(=O)Cc2ccco2)CC1. The molecule has 0 aliphatic carbocycles. The molecule has 0 atom stereocenters. The van der Waals surface area contributed by atoms with E-state index in [1.165, 1.54) is 6.26 Å². The van der Waals surface area contributed by atoms with Crippen LogP contribution in [0.1, 0.15) is 24.2 Å². The quantitative estimate of drug-likeness (QED) is 0.660. The molecule has 0 N–H and O–H groups in total. The van der Waals surface area contributed by atoms with E-state index in [2.05, 4.69) is 0 Å². The fourth-order valence-electron chi connectivity index (χ4n) is 3.90. The second kappa shape index (κ2) is 7.80. The van der Waals surface area contributed by atoms with Crippen molar-refractivity contribution >= 4 is 26.5 Å². The van der Waals surface area contributed by atoms with Crippen molar-refractivity contribution in [2.45, 2.75) is 30.3 Å². The molecule has 0 saturated carbocycles. The van der Waals surface area contributed by atoms with E-state index in [0.717, 1.165) is 16.3 Å². The number of nitrogens with zero attached hydrogens (tertiary/aromatic N) is 1. The van der Waals surface area contributed by atoms with Gasteiger partial charge in [0.1, 0.15) is 11.5 Å². The van der Waals surface area contributed by atoms with Crippen LogP contribution in [0.5, 0.6) is 0 Å². The Hall–Kier alpha value is -2.60. The first kappa shape index (κ1) is 18.7. The molecule has 146 valence electrons. The highest BCUT2D eigenvalue weighted by atomic mass is 32.2. The minimum Gasteiger partial charge on any atom is -0.468 e. The Morgan fingerprint density at radius 1 is 1.00 bits per heavy atom. The van der Waals surface area contributed by atoms with Crippen molar-refractivity contribution in [3.63, 3.8) is 0 Å². The van der Waals surface area contributed by atoms with Crippen LogP contribution >= 0.6 is 0 Å². The Morgan fingerprint density at radius 2 is 1.75 bits per heavy atom. The number of hydrogen-bond acceptors (Lipinski definition) is 4. The van der Waals surface area contributed by atoms with Crippen LogP contribution in [0.15, 0.2) is 65.3 Å². The summed E-state index contributed by atoms with van der Waals surface area (Å²) in [5.41, 5.74) is 1.01. The standard InChI is InChI=1S/C22H23NO4S/c24-22(15-18-7-3-6-17-5-1-2-9-21(17)18)23-12-10-20(11-13-23)28(25,26)16-19-8-4-14-27-19/h1-9,14,20H,10-13,15-16H2. The maximum absolute atomic E-state index is 12.8. The van der Waals surface area contributed by atoms with Gasteiger partial charge in [-0.2, -0.15) is 0 Å². The van der Waals surface area contributed by atoms with Crippen LogP contribution in [0, 0.1) is 0 Å². The number of rotatable bonds is 5. The molecule has 1 aliphatic rings. The Kier molecular flexibility index (Phi) is 5.22. The molecule has 1 fully saturated rings. The van der Waals surface area contributed by atoms with Crippen LogP contribution < -0.4 is 0 Å². The summed E-state index contributed by atoms with van der Waals surface area (Å²) in [6.07, 6.45) is 2.78.